The second kappa shape index (κ2) is 18.3. The maximum absolute atomic E-state index is 14.0. The summed E-state index contributed by atoms with van der Waals surface area (Å²) in [7, 11) is 1.98. The highest BCUT2D eigenvalue weighted by molar-refractivity contribution is 6.36. The third-order valence-electron chi connectivity index (χ3n) is 7.18. The Kier molecular flexibility index (Phi) is 15.3. The minimum Gasteiger partial charge on any atom is -0.507 e. The highest BCUT2D eigenvalue weighted by Gasteiger charge is 2.40. The van der Waals surface area contributed by atoms with Gasteiger partial charge in [-0.05, 0) is 31.3 Å². The largest absolute Gasteiger partial charge is 0.507 e. The molecule has 2 heterocycles. The smallest absolute Gasteiger partial charge is 0.450 e. The molecule has 4 atom stereocenters. The van der Waals surface area contributed by atoms with Crippen LogP contribution in [-0.4, -0.2) is 137 Å². The number of carbonyl (C=O) groups is 4. The van der Waals surface area contributed by atoms with Gasteiger partial charge in [0.2, 0.25) is 11.2 Å². The van der Waals surface area contributed by atoms with E-state index in [1.165, 1.54) is 30.3 Å². The normalized spacial score (nSPS) is 16.0. The standard InChI is InChI=1S/C22H19Cl2F3N2O3.2C4H6O6/c1-28-6-8-29(9-7-28)11-15-17(30)5-4-14-19(31)18(13-3-2-12(23)10-16(13)24)21(22(25,26)27)32-20(14)15;2*5-1(3(7)8)2(6)4(9)10/h2-5,10,30H,6-9,11H2,1H3;2*1-2,5-6H,(H,7,8)(H,9,10). The molecule has 2 aromatic carbocycles. The summed E-state index contributed by atoms with van der Waals surface area (Å²) in [6.45, 7) is 3.05. The molecule has 0 aliphatic carbocycles. The summed E-state index contributed by atoms with van der Waals surface area (Å²) < 4.78 is 47.4. The Hall–Kier alpha value is -4.54. The number of phenolic OH excluding ortho intramolecular Hbond substituents is 1. The molecule has 1 aliphatic heterocycles. The Balaban J connectivity index is 0.000000385. The third kappa shape index (κ3) is 11.2. The Labute approximate surface area is 299 Å². The number of aliphatic hydroxyl groups excluding tert-OH is 4. The number of nitrogens with zero attached hydrogens (tertiary/aromatic N) is 2. The lowest BCUT2D eigenvalue weighted by Crippen LogP contribution is -2.43. The summed E-state index contributed by atoms with van der Waals surface area (Å²) in [5.41, 5.74) is -1.85. The van der Waals surface area contributed by atoms with Gasteiger partial charge in [-0.3, -0.25) is 9.69 Å². The van der Waals surface area contributed by atoms with Crippen molar-refractivity contribution in [1.82, 2.24) is 9.80 Å². The average molecular weight is 787 g/mol. The molecule has 4 unspecified atom stereocenters. The summed E-state index contributed by atoms with van der Waals surface area (Å²) in [5.74, 6) is -8.77. The maximum atomic E-state index is 14.0. The average Bonchev–Trinajstić information content (AvgIpc) is 3.05. The van der Waals surface area contributed by atoms with Gasteiger partial charge in [0.1, 0.15) is 11.3 Å². The number of aromatic hydroxyl groups is 1. The van der Waals surface area contributed by atoms with E-state index in [0.717, 1.165) is 13.1 Å². The Morgan fingerprint density at radius 3 is 1.67 bits per heavy atom. The van der Waals surface area contributed by atoms with Crippen molar-refractivity contribution in [2.75, 3.05) is 33.2 Å². The molecule has 52 heavy (non-hydrogen) atoms. The number of carboxylic acid groups (broad SMARTS) is 4. The van der Waals surface area contributed by atoms with Gasteiger partial charge in [-0.15, -0.1) is 0 Å². The third-order valence-corrected chi connectivity index (χ3v) is 7.73. The number of piperazine rings is 1. The van der Waals surface area contributed by atoms with Crippen molar-refractivity contribution in [2.24, 2.45) is 0 Å². The molecule has 0 bridgehead atoms. The molecule has 0 radical (unpaired) electrons. The summed E-state index contributed by atoms with van der Waals surface area (Å²) in [6.07, 6.45) is -14.0. The molecule has 0 amide bonds. The van der Waals surface area contributed by atoms with Crippen molar-refractivity contribution in [3.63, 3.8) is 0 Å². The predicted octanol–water partition coefficient (Wildman–Crippen LogP) is 0.993. The molecule has 0 spiro atoms. The fourth-order valence-corrected chi connectivity index (χ4v) is 4.87. The van der Waals surface area contributed by atoms with E-state index < -0.39 is 71.2 Å². The first-order valence-corrected chi connectivity index (χ1v) is 15.1. The van der Waals surface area contributed by atoms with E-state index >= 15 is 0 Å². The number of benzene rings is 2. The highest BCUT2D eigenvalue weighted by atomic mass is 35.5. The Bertz CT molecular complexity index is 1780. The topological polar surface area (TPSA) is 287 Å². The van der Waals surface area contributed by atoms with E-state index in [4.69, 9.17) is 68.5 Å². The van der Waals surface area contributed by atoms with Gasteiger partial charge >= 0.3 is 30.1 Å². The lowest BCUT2D eigenvalue weighted by molar-refractivity contribution is -0.165. The zero-order chi connectivity index (χ0) is 39.8. The molecule has 1 aromatic heterocycles. The van der Waals surface area contributed by atoms with Crippen molar-refractivity contribution >= 4 is 58.0 Å². The Morgan fingerprint density at radius 1 is 0.808 bits per heavy atom. The lowest BCUT2D eigenvalue weighted by atomic mass is 10.00. The molecule has 9 N–H and O–H groups in total. The number of aliphatic hydroxyl groups is 4. The van der Waals surface area contributed by atoms with Gasteiger partial charge in [-0.25, -0.2) is 19.2 Å². The summed E-state index contributed by atoms with van der Waals surface area (Å²) >= 11 is 12.0. The molecular formula is C30H31Cl2F3N2O15. The number of phenols is 1. The number of halogens is 5. The summed E-state index contributed by atoms with van der Waals surface area (Å²) in [5, 5.41) is 75.5. The molecule has 286 valence electrons. The molecule has 17 nitrogen and oxygen atoms in total. The maximum Gasteiger partial charge on any atom is 0.450 e. The highest BCUT2D eigenvalue weighted by Crippen LogP contribution is 2.41. The molecule has 4 rings (SSSR count). The fraction of sp³-hybridized carbons (Fsp3) is 0.367. The summed E-state index contributed by atoms with van der Waals surface area (Å²) in [4.78, 5) is 56.5. The molecule has 1 aliphatic rings. The Morgan fingerprint density at radius 2 is 1.27 bits per heavy atom. The summed E-state index contributed by atoms with van der Waals surface area (Å²) in [6, 6.07) is 6.42. The number of hydrogen-bond donors (Lipinski definition) is 9. The number of alkyl halides is 3. The molecular weight excluding hydrogens is 756 g/mol. The monoisotopic (exact) mass is 786 g/mol. The molecule has 1 saturated heterocycles. The van der Waals surface area contributed by atoms with E-state index in [2.05, 4.69) is 4.90 Å². The van der Waals surface area contributed by atoms with E-state index in [1.807, 2.05) is 11.9 Å². The number of rotatable bonds is 9. The van der Waals surface area contributed by atoms with Crippen molar-refractivity contribution in [1.29, 1.82) is 0 Å². The van der Waals surface area contributed by atoms with Crippen LogP contribution in [0.25, 0.3) is 22.1 Å². The van der Waals surface area contributed by atoms with Gasteiger partial charge in [0.05, 0.1) is 21.5 Å². The number of fused-ring (bicyclic) bond motifs is 1. The van der Waals surface area contributed by atoms with Crippen LogP contribution in [-0.2, 0) is 31.9 Å². The van der Waals surface area contributed by atoms with Crippen LogP contribution in [0.4, 0.5) is 13.2 Å². The van der Waals surface area contributed by atoms with Crippen molar-refractivity contribution in [3.8, 4) is 16.9 Å². The van der Waals surface area contributed by atoms with E-state index in [1.54, 1.807) is 0 Å². The van der Waals surface area contributed by atoms with Crippen molar-refractivity contribution < 1.29 is 82.7 Å². The predicted molar refractivity (Wildman–Crippen MR) is 172 cm³/mol. The van der Waals surface area contributed by atoms with E-state index in [0.29, 0.717) is 13.1 Å². The number of likely N-dealkylation sites (N-methyl/N-ethyl adjacent to an activating group) is 1. The van der Waals surface area contributed by atoms with Crippen LogP contribution < -0.4 is 5.43 Å². The molecule has 0 saturated carbocycles. The van der Waals surface area contributed by atoms with E-state index in [-0.39, 0.29) is 44.4 Å². The van der Waals surface area contributed by atoms with Crippen LogP contribution in [0.2, 0.25) is 10.0 Å². The van der Waals surface area contributed by atoms with Gasteiger partial charge < -0.3 is 55.3 Å². The minimum absolute atomic E-state index is 0.0686. The van der Waals surface area contributed by atoms with Crippen LogP contribution in [0.1, 0.15) is 11.3 Å². The van der Waals surface area contributed by atoms with Gasteiger partial charge in [-0.2, -0.15) is 13.2 Å². The lowest BCUT2D eigenvalue weighted by Gasteiger charge is -2.32. The minimum atomic E-state index is -4.97. The quantitative estimate of drug-likeness (QED) is 0.146. The first-order valence-electron chi connectivity index (χ1n) is 14.4. The second-order valence-electron chi connectivity index (χ2n) is 10.9. The number of aliphatic carboxylic acids is 4. The van der Waals surface area contributed by atoms with Gasteiger partial charge in [-0.1, -0.05) is 29.3 Å². The number of carboxylic acids is 4. The molecule has 3 aromatic rings. The first kappa shape index (κ1) is 43.6. The van der Waals surface area contributed by atoms with Crippen LogP contribution in [0.3, 0.4) is 0 Å². The van der Waals surface area contributed by atoms with Gasteiger partial charge in [0.25, 0.3) is 0 Å². The van der Waals surface area contributed by atoms with E-state index in [9.17, 15) is 42.3 Å². The van der Waals surface area contributed by atoms with Crippen LogP contribution in [0, 0.1) is 0 Å². The van der Waals surface area contributed by atoms with Crippen molar-refractivity contribution in [3.05, 3.63) is 61.9 Å². The first-order chi connectivity index (χ1) is 24.0. The van der Waals surface area contributed by atoms with Crippen molar-refractivity contribution in [2.45, 2.75) is 37.1 Å². The van der Waals surface area contributed by atoms with Crippen LogP contribution >= 0.6 is 23.2 Å². The number of hydrogen-bond acceptors (Lipinski definition) is 13. The molecule has 22 heteroatoms. The second-order valence-corrected chi connectivity index (χ2v) is 11.8. The zero-order valence-electron chi connectivity index (χ0n) is 26.5. The molecule has 1 fully saturated rings. The zero-order valence-corrected chi connectivity index (χ0v) is 28.0. The van der Waals surface area contributed by atoms with Gasteiger partial charge in [0.15, 0.2) is 24.4 Å². The van der Waals surface area contributed by atoms with Gasteiger partial charge in [0, 0.05) is 43.3 Å². The van der Waals surface area contributed by atoms with Crippen LogP contribution in [0.5, 0.6) is 5.75 Å². The van der Waals surface area contributed by atoms with Crippen LogP contribution in [0.15, 0.2) is 39.5 Å². The SMILES string of the molecule is CN1CCN(Cc2c(O)ccc3c(=O)c(-c4ccc(Cl)cc4Cl)c(C(F)(F)F)oc23)CC1.O=C(O)C(O)C(O)C(=O)O.O=C(O)C(O)C(O)C(=O)O. The fourth-order valence-electron chi connectivity index (χ4n) is 4.36.